The average molecular weight is 308 g/mol. The molecule has 5 heteroatoms. The first-order valence-corrected chi connectivity index (χ1v) is 7.65. The number of para-hydroxylation sites is 1. The summed E-state index contributed by atoms with van der Waals surface area (Å²) in [6, 6.07) is 15.8. The molecule has 0 radical (unpaired) electrons. The molecule has 2 aromatic rings. The molecule has 1 amide bonds. The summed E-state index contributed by atoms with van der Waals surface area (Å²) in [4.78, 5) is 18.3. The number of nitrogens with two attached hydrogens (primary N) is 1. The minimum Gasteiger partial charge on any atom is -0.370 e. The first kappa shape index (κ1) is 15.1. The Morgan fingerprint density at radius 3 is 2.74 bits per heavy atom. The molecule has 1 aliphatic heterocycles. The predicted octanol–water partition coefficient (Wildman–Crippen LogP) is 2.31. The van der Waals surface area contributed by atoms with E-state index in [-0.39, 0.29) is 18.4 Å². The molecule has 0 spiro atoms. The summed E-state index contributed by atoms with van der Waals surface area (Å²) in [6.45, 7) is 2.77. The van der Waals surface area contributed by atoms with Crippen molar-refractivity contribution < 1.29 is 4.79 Å². The molecule has 3 N–H and O–H groups in total. The molecule has 0 aliphatic carbocycles. The number of amides is 1. The summed E-state index contributed by atoms with van der Waals surface area (Å²) in [6.07, 6.45) is 0.892. The lowest BCUT2D eigenvalue weighted by molar-refractivity contribution is -0.117. The van der Waals surface area contributed by atoms with Crippen molar-refractivity contribution in [1.82, 2.24) is 0 Å². The average Bonchev–Trinajstić information content (AvgIpc) is 2.99. The van der Waals surface area contributed by atoms with Crippen molar-refractivity contribution in [1.29, 1.82) is 0 Å². The van der Waals surface area contributed by atoms with Crippen molar-refractivity contribution in [2.75, 3.05) is 23.3 Å². The second kappa shape index (κ2) is 6.52. The van der Waals surface area contributed by atoms with Crippen LogP contribution in [0.4, 0.5) is 11.4 Å². The van der Waals surface area contributed by atoms with Gasteiger partial charge in [-0.1, -0.05) is 35.9 Å². The van der Waals surface area contributed by atoms with Crippen LogP contribution in [0.25, 0.3) is 0 Å². The molecule has 0 aromatic heterocycles. The van der Waals surface area contributed by atoms with Crippen LogP contribution in [0.3, 0.4) is 0 Å². The Morgan fingerprint density at radius 1 is 1.22 bits per heavy atom. The Bertz CT molecular complexity index is 737. The highest BCUT2D eigenvalue weighted by Crippen LogP contribution is 2.27. The third-order valence-electron chi connectivity index (χ3n) is 3.90. The monoisotopic (exact) mass is 308 g/mol. The van der Waals surface area contributed by atoms with Crippen LogP contribution in [0.2, 0.25) is 0 Å². The van der Waals surface area contributed by atoms with Crippen LogP contribution >= 0.6 is 0 Å². The maximum atomic E-state index is 12.3. The Hall–Kier alpha value is -2.82. The van der Waals surface area contributed by atoms with Gasteiger partial charge in [0.05, 0.1) is 0 Å². The van der Waals surface area contributed by atoms with Gasteiger partial charge in [0.1, 0.15) is 6.54 Å². The van der Waals surface area contributed by atoms with E-state index in [1.54, 1.807) is 4.90 Å². The molecule has 2 aromatic carbocycles. The lowest BCUT2D eigenvalue weighted by Gasteiger charge is -2.16. The van der Waals surface area contributed by atoms with Crippen LogP contribution in [-0.4, -0.2) is 25.0 Å². The van der Waals surface area contributed by atoms with E-state index in [0.717, 1.165) is 17.8 Å². The number of carbonyl (C=O) groups excluding carboxylic acids is 1. The lowest BCUT2D eigenvalue weighted by atomic mass is 10.2. The van der Waals surface area contributed by atoms with E-state index in [1.807, 2.05) is 49.4 Å². The summed E-state index contributed by atoms with van der Waals surface area (Å²) < 4.78 is 0. The van der Waals surface area contributed by atoms with E-state index in [1.165, 1.54) is 11.1 Å². The quantitative estimate of drug-likeness (QED) is 0.675. The Balaban J connectivity index is 1.61. The van der Waals surface area contributed by atoms with E-state index >= 15 is 0 Å². The van der Waals surface area contributed by atoms with Crippen molar-refractivity contribution >= 4 is 23.2 Å². The summed E-state index contributed by atoms with van der Waals surface area (Å²) >= 11 is 0. The fraction of sp³-hybridized carbons (Fsp3) is 0.222. The Kier molecular flexibility index (Phi) is 4.28. The molecule has 0 saturated carbocycles. The highest BCUT2D eigenvalue weighted by Gasteiger charge is 2.23. The summed E-state index contributed by atoms with van der Waals surface area (Å²) in [5.74, 6) is 0.207. The van der Waals surface area contributed by atoms with E-state index < -0.39 is 0 Å². The fourth-order valence-electron chi connectivity index (χ4n) is 2.66. The minimum atomic E-state index is -0.0383. The number of hydrogen-bond acceptors (Lipinski definition) is 2. The highest BCUT2D eigenvalue weighted by molar-refractivity contribution is 5.99. The molecule has 23 heavy (non-hydrogen) atoms. The van der Waals surface area contributed by atoms with Gasteiger partial charge in [-0.25, -0.2) is 4.99 Å². The minimum absolute atomic E-state index is 0.0383. The number of anilines is 2. The third kappa shape index (κ3) is 3.51. The SMILES string of the molecule is Cc1ccc(NC(N)=NCC(=O)N2CCc3ccccc32)cc1. The number of guanidine groups is 1. The van der Waals surface area contributed by atoms with E-state index in [0.29, 0.717) is 6.54 Å². The van der Waals surface area contributed by atoms with Gasteiger partial charge in [0.2, 0.25) is 5.91 Å². The van der Waals surface area contributed by atoms with Crippen molar-refractivity contribution in [3.8, 4) is 0 Å². The molecule has 1 aliphatic rings. The maximum Gasteiger partial charge on any atom is 0.248 e. The summed E-state index contributed by atoms with van der Waals surface area (Å²) in [5.41, 5.74) is 10.1. The first-order valence-electron chi connectivity index (χ1n) is 7.65. The van der Waals surface area contributed by atoms with Crippen LogP contribution < -0.4 is 16.0 Å². The summed E-state index contributed by atoms with van der Waals surface area (Å²) in [5, 5.41) is 2.99. The van der Waals surface area contributed by atoms with Gasteiger partial charge in [0, 0.05) is 17.9 Å². The number of aliphatic imine (C=N–C) groups is 1. The fourth-order valence-corrected chi connectivity index (χ4v) is 2.66. The van der Waals surface area contributed by atoms with Crippen LogP contribution in [-0.2, 0) is 11.2 Å². The zero-order valence-electron chi connectivity index (χ0n) is 13.1. The second-order valence-corrected chi connectivity index (χ2v) is 5.62. The van der Waals surface area contributed by atoms with Crippen LogP contribution in [0.15, 0.2) is 53.5 Å². The number of hydrogen-bond donors (Lipinski definition) is 2. The van der Waals surface area contributed by atoms with Gasteiger partial charge in [-0.3, -0.25) is 4.79 Å². The van der Waals surface area contributed by atoms with Gasteiger partial charge in [-0.05, 0) is 37.1 Å². The number of benzene rings is 2. The molecule has 1 heterocycles. The van der Waals surface area contributed by atoms with E-state index in [2.05, 4.69) is 16.4 Å². The van der Waals surface area contributed by atoms with E-state index in [9.17, 15) is 4.79 Å². The highest BCUT2D eigenvalue weighted by atomic mass is 16.2. The zero-order chi connectivity index (χ0) is 16.2. The van der Waals surface area contributed by atoms with Gasteiger partial charge in [-0.2, -0.15) is 0 Å². The number of carbonyl (C=O) groups is 1. The molecule has 0 saturated heterocycles. The molecule has 0 unspecified atom stereocenters. The molecule has 5 nitrogen and oxygen atoms in total. The van der Waals surface area contributed by atoms with Crippen molar-refractivity contribution in [2.24, 2.45) is 10.7 Å². The van der Waals surface area contributed by atoms with Gasteiger partial charge < -0.3 is 16.0 Å². The smallest absolute Gasteiger partial charge is 0.248 e. The standard InChI is InChI=1S/C18H20N4O/c1-13-6-8-15(9-7-13)21-18(19)20-12-17(23)22-11-10-14-4-2-3-5-16(14)22/h2-9H,10-12H2,1H3,(H3,19,20,21). The largest absolute Gasteiger partial charge is 0.370 e. The van der Waals surface area contributed by atoms with Gasteiger partial charge in [-0.15, -0.1) is 0 Å². The molecule has 118 valence electrons. The predicted molar refractivity (Wildman–Crippen MR) is 93.8 cm³/mol. The number of aryl methyl sites for hydroxylation is 1. The maximum absolute atomic E-state index is 12.3. The van der Waals surface area contributed by atoms with Crippen LogP contribution in [0, 0.1) is 6.92 Å². The first-order chi connectivity index (χ1) is 11.1. The normalized spacial score (nSPS) is 13.8. The van der Waals surface area contributed by atoms with Crippen molar-refractivity contribution in [2.45, 2.75) is 13.3 Å². The molecule has 0 fully saturated rings. The topological polar surface area (TPSA) is 70.7 Å². The third-order valence-corrected chi connectivity index (χ3v) is 3.90. The van der Waals surface area contributed by atoms with Crippen molar-refractivity contribution in [3.05, 3.63) is 59.7 Å². The Morgan fingerprint density at radius 2 is 1.96 bits per heavy atom. The van der Waals surface area contributed by atoms with Crippen molar-refractivity contribution in [3.63, 3.8) is 0 Å². The van der Waals surface area contributed by atoms with Gasteiger partial charge in [0.15, 0.2) is 5.96 Å². The molecule has 3 rings (SSSR count). The number of rotatable bonds is 3. The van der Waals surface area contributed by atoms with Crippen LogP contribution in [0.1, 0.15) is 11.1 Å². The van der Waals surface area contributed by atoms with E-state index in [4.69, 9.17) is 5.73 Å². The molecular weight excluding hydrogens is 288 g/mol. The Labute approximate surface area is 135 Å². The number of nitrogens with one attached hydrogen (secondary N) is 1. The molecule has 0 atom stereocenters. The number of fused-ring (bicyclic) bond motifs is 1. The molecular formula is C18H20N4O. The second-order valence-electron chi connectivity index (χ2n) is 5.62. The van der Waals surface area contributed by atoms with Gasteiger partial charge in [0.25, 0.3) is 0 Å². The van der Waals surface area contributed by atoms with Gasteiger partial charge >= 0.3 is 0 Å². The zero-order valence-corrected chi connectivity index (χ0v) is 13.1. The number of nitrogens with zero attached hydrogens (tertiary/aromatic N) is 2. The molecule has 0 bridgehead atoms. The summed E-state index contributed by atoms with van der Waals surface area (Å²) in [7, 11) is 0. The van der Waals surface area contributed by atoms with Crippen LogP contribution in [0.5, 0.6) is 0 Å². The lowest BCUT2D eigenvalue weighted by Crippen LogP contribution is -2.32.